The van der Waals surface area contributed by atoms with Crippen molar-refractivity contribution in [1.82, 2.24) is 10.3 Å². The zero-order valence-electron chi connectivity index (χ0n) is 12.5. The zero-order valence-corrected chi connectivity index (χ0v) is 13.3. The number of rotatable bonds is 5. The van der Waals surface area contributed by atoms with Crippen molar-refractivity contribution < 1.29 is 19.1 Å². The fourth-order valence-corrected chi connectivity index (χ4v) is 3.18. The summed E-state index contributed by atoms with van der Waals surface area (Å²) >= 11 is 0. The van der Waals surface area contributed by atoms with Gasteiger partial charge in [-0.15, -0.1) is 0 Å². The second kappa shape index (κ2) is 6.05. The minimum absolute atomic E-state index is 0.450. The van der Waals surface area contributed by atoms with Crippen LogP contribution in [0.2, 0.25) is 0 Å². The average molecular weight is 324 g/mol. The van der Waals surface area contributed by atoms with Gasteiger partial charge in [-0.1, -0.05) is 6.07 Å². The van der Waals surface area contributed by atoms with Gasteiger partial charge in [-0.2, -0.15) is 0 Å². The maximum absolute atomic E-state index is 11.3. The minimum atomic E-state index is -4.27. The van der Waals surface area contributed by atoms with Gasteiger partial charge in [0.25, 0.3) is 0 Å². The molecule has 120 valence electrons. The highest BCUT2D eigenvalue weighted by Crippen LogP contribution is 2.43. The van der Waals surface area contributed by atoms with Crippen LogP contribution in [0, 0.1) is 0 Å². The topological polar surface area (TPSA) is 94.6 Å². The summed E-state index contributed by atoms with van der Waals surface area (Å²) in [5.74, 6) is -0.645. The minimum Gasteiger partial charge on any atom is -0.477 e. The predicted molar refractivity (Wildman–Crippen MR) is 85.2 cm³/mol. The van der Waals surface area contributed by atoms with E-state index in [2.05, 4.69) is 10.3 Å². The molecule has 2 atom stereocenters. The van der Waals surface area contributed by atoms with Crippen LogP contribution in [0.15, 0.2) is 24.4 Å². The molecule has 3 rings (SSSR count). The predicted octanol–water partition coefficient (Wildman–Crippen LogP) is 2.36. The number of H-pyrrole nitrogens is 1. The SMILES string of the molecule is CC(Oc1cccc2[nH]cc(C[C@H]3CCCN3)c12)P(=O)(O)O. The van der Waals surface area contributed by atoms with Crippen molar-refractivity contribution in [1.29, 1.82) is 0 Å². The van der Waals surface area contributed by atoms with Crippen molar-refractivity contribution >= 4 is 18.5 Å². The van der Waals surface area contributed by atoms with Gasteiger partial charge in [0, 0.05) is 23.1 Å². The first-order chi connectivity index (χ1) is 10.4. The third-order valence-electron chi connectivity index (χ3n) is 4.15. The van der Waals surface area contributed by atoms with E-state index in [9.17, 15) is 14.4 Å². The Kier molecular flexibility index (Phi) is 4.28. The molecule has 0 aliphatic carbocycles. The van der Waals surface area contributed by atoms with Crippen LogP contribution >= 0.6 is 7.60 Å². The fraction of sp³-hybridized carbons (Fsp3) is 0.467. The van der Waals surface area contributed by atoms with Crippen molar-refractivity contribution in [3.05, 3.63) is 30.0 Å². The van der Waals surface area contributed by atoms with Crippen LogP contribution in [0.5, 0.6) is 5.75 Å². The van der Waals surface area contributed by atoms with Gasteiger partial charge < -0.3 is 24.8 Å². The maximum Gasteiger partial charge on any atom is 0.365 e. The highest BCUT2D eigenvalue weighted by atomic mass is 31.2. The highest BCUT2D eigenvalue weighted by molar-refractivity contribution is 7.52. The number of aromatic amines is 1. The van der Waals surface area contributed by atoms with E-state index in [1.807, 2.05) is 18.3 Å². The molecule has 1 unspecified atom stereocenters. The molecule has 4 N–H and O–H groups in total. The average Bonchev–Trinajstić information content (AvgIpc) is 3.09. The van der Waals surface area contributed by atoms with Gasteiger partial charge in [0.1, 0.15) is 5.75 Å². The summed E-state index contributed by atoms with van der Waals surface area (Å²) < 4.78 is 16.9. The summed E-state index contributed by atoms with van der Waals surface area (Å²) in [4.78, 5) is 21.7. The number of ether oxygens (including phenoxy) is 1. The lowest BCUT2D eigenvalue weighted by molar-refractivity contribution is 0.239. The number of nitrogens with one attached hydrogen (secondary N) is 2. The van der Waals surface area contributed by atoms with Crippen LogP contribution in [0.1, 0.15) is 25.3 Å². The molecule has 2 heterocycles. The molecule has 1 fully saturated rings. The number of hydrogen-bond acceptors (Lipinski definition) is 3. The molecule has 0 saturated carbocycles. The third kappa shape index (κ3) is 3.20. The van der Waals surface area contributed by atoms with Gasteiger partial charge in [-0.25, -0.2) is 0 Å². The van der Waals surface area contributed by atoms with Crippen molar-refractivity contribution in [2.75, 3.05) is 6.54 Å². The highest BCUT2D eigenvalue weighted by Gasteiger charge is 2.27. The van der Waals surface area contributed by atoms with Gasteiger partial charge in [0.2, 0.25) is 0 Å². The lowest BCUT2D eigenvalue weighted by Crippen LogP contribution is -2.23. The van der Waals surface area contributed by atoms with Crippen molar-refractivity contribution in [3.63, 3.8) is 0 Å². The standard InChI is InChI=1S/C15H21N2O4P/c1-10(22(18,19)20)21-14-6-2-5-13-15(14)11(9-17-13)8-12-4-3-7-16-12/h2,5-6,9-10,12,16-17H,3-4,7-8H2,1H3,(H2,18,19,20)/t10?,12-/m1/s1. The van der Waals surface area contributed by atoms with E-state index in [1.54, 1.807) is 6.07 Å². The number of benzene rings is 1. The van der Waals surface area contributed by atoms with E-state index >= 15 is 0 Å². The van der Waals surface area contributed by atoms with E-state index in [1.165, 1.54) is 13.3 Å². The van der Waals surface area contributed by atoms with Gasteiger partial charge in [-0.3, -0.25) is 4.57 Å². The molecule has 1 aromatic carbocycles. The molecule has 0 spiro atoms. The largest absolute Gasteiger partial charge is 0.477 e. The summed E-state index contributed by atoms with van der Waals surface area (Å²) in [6.07, 6.45) is 5.17. The van der Waals surface area contributed by atoms with Crippen LogP contribution in [0.3, 0.4) is 0 Å². The molecule has 0 amide bonds. The molecule has 7 heteroatoms. The summed E-state index contributed by atoms with van der Waals surface area (Å²) in [6, 6.07) is 5.97. The first-order valence-corrected chi connectivity index (χ1v) is 9.17. The Morgan fingerprint density at radius 2 is 2.27 bits per heavy atom. The first kappa shape index (κ1) is 15.6. The fourth-order valence-electron chi connectivity index (χ4n) is 2.93. The molecule has 22 heavy (non-hydrogen) atoms. The molecule has 1 aliphatic heterocycles. The van der Waals surface area contributed by atoms with Crippen LogP contribution in [0.4, 0.5) is 0 Å². The van der Waals surface area contributed by atoms with Gasteiger partial charge >= 0.3 is 7.60 Å². The number of hydrogen-bond donors (Lipinski definition) is 4. The Morgan fingerprint density at radius 3 is 2.95 bits per heavy atom. The smallest absolute Gasteiger partial charge is 0.365 e. The van der Waals surface area contributed by atoms with Gasteiger partial charge in [-0.05, 0) is 50.4 Å². The lowest BCUT2D eigenvalue weighted by atomic mass is 10.0. The second-order valence-electron chi connectivity index (χ2n) is 5.80. The van der Waals surface area contributed by atoms with Crippen LogP contribution in [-0.4, -0.2) is 33.2 Å². The van der Waals surface area contributed by atoms with Crippen molar-refractivity contribution in [2.45, 2.75) is 38.1 Å². The van der Waals surface area contributed by atoms with E-state index in [-0.39, 0.29) is 0 Å². The Balaban J connectivity index is 1.92. The molecule has 1 aromatic heterocycles. The normalized spacial score (nSPS) is 20.4. The third-order valence-corrected chi connectivity index (χ3v) is 5.20. The van der Waals surface area contributed by atoms with Gasteiger partial charge in [0.15, 0.2) is 5.85 Å². The molecule has 1 aliphatic rings. The maximum atomic E-state index is 11.3. The van der Waals surface area contributed by atoms with E-state index < -0.39 is 13.4 Å². The van der Waals surface area contributed by atoms with Crippen LogP contribution < -0.4 is 10.1 Å². The molecule has 6 nitrogen and oxygen atoms in total. The molecule has 0 bridgehead atoms. The van der Waals surface area contributed by atoms with Crippen molar-refractivity contribution in [3.8, 4) is 5.75 Å². The van der Waals surface area contributed by atoms with Crippen LogP contribution in [-0.2, 0) is 11.0 Å². The molecule has 0 radical (unpaired) electrons. The molecule has 1 saturated heterocycles. The van der Waals surface area contributed by atoms with E-state index in [0.29, 0.717) is 11.8 Å². The summed E-state index contributed by atoms with van der Waals surface area (Å²) in [5, 5.41) is 4.38. The summed E-state index contributed by atoms with van der Waals surface area (Å²) in [7, 11) is -4.27. The van der Waals surface area contributed by atoms with Crippen LogP contribution in [0.25, 0.3) is 10.9 Å². The molecular formula is C15H21N2O4P. The Morgan fingerprint density at radius 1 is 1.45 bits per heavy atom. The molecular weight excluding hydrogens is 303 g/mol. The monoisotopic (exact) mass is 324 g/mol. The Hall–Kier alpha value is -1.33. The number of fused-ring (bicyclic) bond motifs is 1. The second-order valence-corrected chi connectivity index (χ2v) is 7.70. The van der Waals surface area contributed by atoms with E-state index in [0.717, 1.165) is 35.9 Å². The summed E-state index contributed by atoms with van der Waals surface area (Å²) in [5.41, 5.74) is 2.03. The number of aromatic nitrogens is 1. The summed E-state index contributed by atoms with van der Waals surface area (Å²) in [6.45, 7) is 2.44. The first-order valence-electron chi connectivity index (χ1n) is 7.49. The quantitative estimate of drug-likeness (QED) is 0.634. The van der Waals surface area contributed by atoms with E-state index in [4.69, 9.17) is 4.74 Å². The Bertz CT molecular complexity index is 703. The molecule has 2 aromatic rings. The lowest BCUT2D eigenvalue weighted by Gasteiger charge is -2.17. The Labute approximate surface area is 129 Å². The zero-order chi connectivity index (χ0) is 15.7. The van der Waals surface area contributed by atoms with Crippen molar-refractivity contribution in [2.24, 2.45) is 0 Å². The van der Waals surface area contributed by atoms with Gasteiger partial charge in [0.05, 0.1) is 0 Å².